The van der Waals surface area contributed by atoms with Crippen LogP contribution in [0.1, 0.15) is 48.2 Å². The molecule has 0 aromatic heterocycles. The van der Waals surface area contributed by atoms with Gasteiger partial charge in [-0.1, -0.05) is 13.8 Å². The summed E-state index contributed by atoms with van der Waals surface area (Å²) < 4.78 is 40.8. The second-order valence-corrected chi connectivity index (χ2v) is 8.26. The van der Waals surface area contributed by atoms with Crippen LogP contribution in [0.25, 0.3) is 0 Å². The van der Waals surface area contributed by atoms with Crippen LogP contribution >= 0.6 is 0 Å². The normalized spacial score (nSPS) is 16.3. The summed E-state index contributed by atoms with van der Waals surface area (Å²) in [5.74, 6) is -2.60. The molecule has 0 fully saturated rings. The molecule has 1 heterocycles. The molecule has 1 unspecified atom stereocenters. The first kappa shape index (κ1) is 23.3. The number of carbonyl (C=O) groups is 2. The van der Waals surface area contributed by atoms with E-state index in [-0.39, 0.29) is 48.5 Å². The molecule has 2 aromatic rings. The zero-order valence-corrected chi connectivity index (χ0v) is 17.9. The number of hydrogen-bond acceptors (Lipinski definition) is 4. The highest BCUT2D eigenvalue weighted by atomic mass is 19.1. The van der Waals surface area contributed by atoms with Crippen molar-refractivity contribution < 1.29 is 22.8 Å². The molecule has 0 radical (unpaired) electrons. The lowest BCUT2D eigenvalue weighted by atomic mass is 10.00. The number of halogens is 3. The van der Waals surface area contributed by atoms with E-state index in [1.807, 2.05) is 13.8 Å². The number of nitrogens with zero attached hydrogens (tertiary/aromatic N) is 2. The SMILES string of the molecule is CC(C)CC1CC(=O)N(Cc2cc(F)cc(C(=O)NCc3cc(F)cc(F)c3)c2)C(N)=N1. The van der Waals surface area contributed by atoms with Crippen LogP contribution < -0.4 is 11.1 Å². The third-order valence-electron chi connectivity index (χ3n) is 4.98. The molecule has 0 saturated heterocycles. The van der Waals surface area contributed by atoms with Crippen LogP contribution in [-0.2, 0) is 17.9 Å². The van der Waals surface area contributed by atoms with Crippen molar-refractivity contribution >= 4 is 17.8 Å². The first-order chi connectivity index (χ1) is 15.1. The van der Waals surface area contributed by atoms with Gasteiger partial charge in [-0.25, -0.2) is 18.2 Å². The minimum absolute atomic E-state index is 0.00882. The average molecular weight is 446 g/mol. The largest absolute Gasteiger partial charge is 0.369 e. The number of rotatable bonds is 7. The number of benzene rings is 2. The highest BCUT2D eigenvalue weighted by molar-refractivity contribution is 5.98. The lowest BCUT2D eigenvalue weighted by molar-refractivity contribution is -0.129. The standard InChI is InChI=1S/C23H25F3N4O2/c1-13(2)3-20-10-21(31)30(23(27)29-20)12-15-4-16(8-17(24)7-15)22(32)28-11-14-5-18(25)9-19(26)6-14/h4-9,13,20H,3,10-12H2,1-2H3,(H2,27,29)(H,28,32). The minimum Gasteiger partial charge on any atom is -0.369 e. The lowest BCUT2D eigenvalue weighted by Crippen LogP contribution is -2.46. The number of aliphatic imine (C=N–C) groups is 1. The third kappa shape index (κ3) is 6.09. The van der Waals surface area contributed by atoms with Crippen LogP contribution in [0.2, 0.25) is 0 Å². The second kappa shape index (κ2) is 9.84. The number of carbonyl (C=O) groups excluding carboxylic acids is 2. The number of nitrogens with two attached hydrogens (primary N) is 1. The number of guanidine groups is 1. The third-order valence-corrected chi connectivity index (χ3v) is 4.98. The van der Waals surface area contributed by atoms with Gasteiger partial charge in [-0.05, 0) is 53.8 Å². The number of amides is 2. The summed E-state index contributed by atoms with van der Waals surface area (Å²) in [5, 5.41) is 2.50. The molecule has 1 atom stereocenters. The lowest BCUT2D eigenvalue weighted by Gasteiger charge is -2.29. The van der Waals surface area contributed by atoms with Gasteiger partial charge in [0.25, 0.3) is 5.91 Å². The Morgan fingerprint density at radius 3 is 2.34 bits per heavy atom. The molecule has 32 heavy (non-hydrogen) atoms. The predicted molar refractivity (Wildman–Crippen MR) is 114 cm³/mol. The van der Waals surface area contributed by atoms with Crippen LogP contribution in [0.3, 0.4) is 0 Å². The summed E-state index contributed by atoms with van der Waals surface area (Å²) in [5.41, 5.74) is 6.58. The second-order valence-electron chi connectivity index (χ2n) is 8.26. The zero-order chi connectivity index (χ0) is 23.4. The molecule has 9 heteroatoms. The minimum atomic E-state index is -0.761. The summed E-state index contributed by atoms with van der Waals surface area (Å²) in [6.07, 6.45) is 0.950. The smallest absolute Gasteiger partial charge is 0.251 e. The molecular formula is C23H25F3N4O2. The summed E-state index contributed by atoms with van der Waals surface area (Å²) in [7, 11) is 0. The highest BCUT2D eigenvalue weighted by Crippen LogP contribution is 2.20. The van der Waals surface area contributed by atoms with Crippen molar-refractivity contribution in [3.05, 3.63) is 70.5 Å². The van der Waals surface area contributed by atoms with Crippen molar-refractivity contribution in [2.75, 3.05) is 0 Å². The molecule has 2 amide bonds. The van der Waals surface area contributed by atoms with E-state index in [0.717, 1.165) is 30.7 Å². The Morgan fingerprint density at radius 2 is 1.72 bits per heavy atom. The van der Waals surface area contributed by atoms with E-state index >= 15 is 0 Å². The molecule has 0 spiro atoms. The Balaban J connectivity index is 1.71. The van der Waals surface area contributed by atoms with E-state index < -0.39 is 23.4 Å². The van der Waals surface area contributed by atoms with Gasteiger partial charge in [0.05, 0.1) is 12.6 Å². The Hall–Kier alpha value is -3.36. The fraction of sp³-hybridized carbons (Fsp3) is 0.348. The Morgan fingerprint density at radius 1 is 1.09 bits per heavy atom. The molecule has 1 aliphatic rings. The molecule has 0 aliphatic carbocycles. The highest BCUT2D eigenvalue weighted by Gasteiger charge is 2.28. The van der Waals surface area contributed by atoms with Crippen molar-refractivity contribution in [2.24, 2.45) is 16.6 Å². The Bertz CT molecular complexity index is 1040. The van der Waals surface area contributed by atoms with Gasteiger partial charge in [0.1, 0.15) is 17.5 Å². The summed E-state index contributed by atoms with van der Waals surface area (Å²) in [6.45, 7) is 3.90. The summed E-state index contributed by atoms with van der Waals surface area (Å²) in [6, 6.07) is 6.42. The molecule has 3 rings (SSSR count). The van der Waals surface area contributed by atoms with Crippen molar-refractivity contribution in [2.45, 2.75) is 45.8 Å². The molecule has 6 nitrogen and oxygen atoms in total. The van der Waals surface area contributed by atoms with E-state index in [9.17, 15) is 22.8 Å². The maximum Gasteiger partial charge on any atom is 0.251 e. The summed E-state index contributed by atoms with van der Waals surface area (Å²) in [4.78, 5) is 30.7. The van der Waals surface area contributed by atoms with Gasteiger partial charge in [-0.15, -0.1) is 0 Å². The molecule has 0 saturated carbocycles. The maximum atomic E-state index is 14.2. The van der Waals surface area contributed by atoms with Gasteiger partial charge >= 0.3 is 0 Å². The van der Waals surface area contributed by atoms with Gasteiger partial charge in [-0.2, -0.15) is 0 Å². The van der Waals surface area contributed by atoms with Crippen molar-refractivity contribution in [3.63, 3.8) is 0 Å². The molecule has 170 valence electrons. The van der Waals surface area contributed by atoms with E-state index in [2.05, 4.69) is 10.3 Å². The molecular weight excluding hydrogens is 421 g/mol. The van der Waals surface area contributed by atoms with Crippen molar-refractivity contribution in [1.82, 2.24) is 10.2 Å². The van der Waals surface area contributed by atoms with Crippen LogP contribution in [0, 0.1) is 23.4 Å². The zero-order valence-electron chi connectivity index (χ0n) is 17.9. The maximum absolute atomic E-state index is 14.2. The number of nitrogens with one attached hydrogen (secondary N) is 1. The Labute approximate surface area is 184 Å². The quantitative estimate of drug-likeness (QED) is 0.683. The number of hydrogen-bond donors (Lipinski definition) is 2. The topological polar surface area (TPSA) is 87.8 Å². The van der Waals surface area contributed by atoms with Crippen LogP contribution in [0.15, 0.2) is 41.4 Å². The van der Waals surface area contributed by atoms with Gasteiger partial charge in [0.2, 0.25) is 5.91 Å². The van der Waals surface area contributed by atoms with E-state index in [1.54, 1.807) is 0 Å². The first-order valence-corrected chi connectivity index (χ1v) is 10.3. The molecule has 1 aliphatic heterocycles. The van der Waals surface area contributed by atoms with Crippen LogP contribution in [-0.4, -0.2) is 28.7 Å². The fourth-order valence-electron chi connectivity index (χ4n) is 3.64. The average Bonchev–Trinajstić information content (AvgIpc) is 2.67. The molecule has 0 bridgehead atoms. The monoisotopic (exact) mass is 446 g/mol. The Kier molecular flexibility index (Phi) is 7.17. The first-order valence-electron chi connectivity index (χ1n) is 10.3. The van der Waals surface area contributed by atoms with Crippen LogP contribution in [0.4, 0.5) is 13.2 Å². The van der Waals surface area contributed by atoms with Crippen molar-refractivity contribution in [3.8, 4) is 0 Å². The fourth-order valence-corrected chi connectivity index (χ4v) is 3.64. The van der Waals surface area contributed by atoms with E-state index in [1.165, 1.54) is 17.0 Å². The van der Waals surface area contributed by atoms with E-state index in [0.29, 0.717) is 11.5 Å². The van der Waals surface area contributed by atoms with E-state index in [4.69, 9.17) is 5.73 Å². The molecule has 3 N–H and O–H groups in total. The van der Waals surface area contributed by atoms with Gasteiger partial charge in [-0.3, -0.25) is 14.5 Å². The molecule has 2 aromatic carbocycles. The predicted octanol–water partition coefficient (Wildman–Crippen LogP) is 3.50. The van der Waals surface area contributed by atoms with Gasteiger partial charge in [0, 0.05) is 24.6 Å². The van der Waals surface area contributed by atoms with Gasteiger partial charge in [0.15, 0.2) is 5.96 Å². The summed E-state index contributed by atoms with van der Waals surface area (Å²) >= 11 is 0. The van der Waals surface area contributed by atoms with Gasteiger partial charge < -0.3 is 11.1 Å². The van der Waals surface area contributed by atoms with Crippen molar-refractivity contribution in [1.29, 1.82) is 0 Å². The van der Waals surface area contributed by atoms with Crippen LogP contribution in [0.5, 0.6) is 0 Å².